The predicted octanol–water partition coefficient (Wildman–Crippen LogP) is 1.23. The van der Waals surface area contributed by atoms with E-state index in [1.165, 1.54) is 0 Å². The summed E-state index contributed by atoms with van der Waals surface area (Å²) in [6.07, 6.45) is 0. The Bertz CT molecular complexity index is 93.5. The Kier molecular flexibility index (Phi) is 3.28. The molecule has 0 aliphatic rings. The van der Waals surface area contributed by atoms with Gasteiger partial charge in [-0.1, -0.05) is 13.8 Å². The van der Waals surface area contributed by atoms with Gasteiger partial charge in [0, 0.05) is 27.1 Å². The highest BCUT2D eigenvalue weighted by molar-refractivity contribution is 5.83. The molecule has 0 bridgehead atoms. The molecule has 0 aliphatic heterocycles. The third-order valence-corrected chi connectivity index (χ3v) is 1.20. The lowest BCUT2D eigenvalue weighted by molar-refractivity contribution is 0.573. The van der Waals surface area contributed by atoms with E-state index in [-0.39, 0.29) is 0 Å². The van der Waals surface area contributed by atoms with E-state index in [0.29, 0.717) is 5.92 Å². The van der Waals surface area contributed by atoms with E-state index in [4.69, 9.17) is 0 Å². The molecular weight excluding hydrogens is 112 g/mol. The normalized spacial score (nSPS) is 12.4. The summed E-state index contributed by atoms with van der Waals surface area (Å²) in [5.74, 6) is 1.68. The van der Waals surface area contributed by atoms with E-state index in [0.717, 1.165) is 5.84 Å². The van der Waals surface area contributed by atoms with Crippen LogP contribution >= 0.6 is 0 Å². The zero-order valence-electron chi connectivity index (χ0n) is 6.97. The largest absolute Gasteiger partial charge is 0.366 e. The average molecular weight is 128 g/mol. The lowest BCUT2D eigenvalue weighted by Gasteiger charge is -2.17. The molecule has 0 atom stereocenters. The first kappa shape index (κ1) is 8.47. The van der Waals surface area contributed by atoms with Crippen LogP contribution in [-0.4, -0.2) is 31.9 Å². The van der Waals surface area contributed by atoms with Crippen LogP contribution in [0.1, 0.15) is 13.8 Å². The molecule has 0 aromatic rings. The smallest absolute Gasteiger partial charge is 0.101 e. The Morgan fingerprint density at radius 1 is 1.33 bits per heavy atom. The Hall–Kier alpha value is -0.530. The summed E-state index contributed by atoms with van der Waals surface area (Å²) < 4.78 is 0. The second kappa shape index (κ2) is 3.49. The summed E-state index contributed by atoms with van der Waals surface area (Å²) in [5, 5.41) is 0. The van der Waals surface area contributed by atoms with E-state index < -0.39 is 0 Å². The molecule has 0 saturated carbocycles. The van der Waals surface area contributed by atoms with Crippen LogP contribution in [0.15, 0.2) is 4.99 Å². The van der Waals surface area contributed by atoms with Gasteiger partial charge in [0.25, 0.3) is 0 Å². The fraction of sp³-hybridized carbons (Fsp3) is 0.857. The molecule has 0 heterocycles. The van der Waals surface area contributed by atoms with Gasteiger partial charge in [0.2, 0.25) is 0 Å². The summed E-state index contributed by atoms with van der Waals surface area (Å²) in [5.41, 5.74) is 0. The quantitative estimate of drug-likeness (QED) is 0.383. The van der Waals surface area contributed by atoms with Crippen molar-refractivity contribution in [3.8, 4) is 0 Å². The minimum absolute atomic E-state index is 0.532. The summed E-state index contributed by atoms with van der Waals surface area (Å²) in [7, 11) is 5.86. The molecule has 0 rings (SSSR count). The van der Waals surface area contributed by atoms with Crippen LogP contribution in [0.25, 0.3) is 0 Å². The maximum Gasteiger partial charge on any atom is 0.101 e. The van der Waals surface area contributed by atoms with E-state index in [2.05, 4.69) is 18.8 Å². The first-order chi connectivity index (χ1) is 4.09. The maximum atomic E-state index is 4.13. The highest BCUT2D eigenvalue weighted by Gasteiger charge is 2.03. The van der Waals surface area contributed by atoms with Crippen molar-refractivity contribution in [3.63, 3.8) is 0 Å². The summed E-state index contributed by atoms with van der Waals surface area (Å²) in [6, 6.07) is 0. The molecule has 54 valence electrons. The van der Waals surface area contributed by atoms with Crippen molar-refractivity contribution in [1.82, 2.24) is 4.90 Å². The molecule has 0 spiro atoms. The van der Waals surface area contributed by atoms with Crippen molar-refractivity contribution in [3.05, 3.63) is 0 Å². The van der Waals surface area contributed by atoms with Crippen molar-refractivity contribution in [1.29, 1.82) is 0 Å². The Balaban J connectivity index is 4.01. The predicted molar refractivity (Wildman–Crippen MR) is 41.9 cm³/mol. The summed E-state index contributed by atoms with van der Waals surface area (Å²) >= 11 is 0. The molecule has 0 aliphatic carbocycles. The van der Waals surface area contributed by atoms with E-state index in [9.17, 15) is 0 Å². The van der Waals surface area contributed by atoms with Gasteiger partial charge in [-0.05, 0) is 0 Å². The van der Waals surface area contributed by atoms with Crippen molar-refractivity contribution in [2.75, 3.05) is 21.1 Å². The molecule has 2 heteroatoms. The lowest BCUT2D eigenvalue weighted by Crippen LogP contribution is -2.26. The SMILES string of the molecule is C/N=C(\C(C)C)N(C)C. The van der Waals surface area contributed by atoms with Crippen molar-refractivity contribution < 1.29 is 0 Å². The third-order valence-electron chi connectivity index (χ3n) is 1.20. The number of hydrogen-bond acceptors (Lipinski definition) is 1. The molecule has 0 N–H and O–H groups in total. The molecule has 0 saturated heterocycles. The van der Waals surface area contributed by atoms with E-state index in [1.807, 2.05) is 26.0 Å². The van der Waals surface area contributed by atoms with Gasteiger partial charge < -0.3 is 4.90 Å². The summed E-state index contributed by atoms with van der Waals surface area (Å²) in [6.45, 7) is 4.28. The van der Waals surface area contributed by atoms with Gasteiger partial charge in [0.1, 0.15) is 5.84 Å². The first-order valence-corrected chi connectivity index (χ1v) is 3.23. The second-order valence-corrected chi connectivity index (χ2v) is 2.63. The topological polar surface area (TPSA) is 15.6 Å². The molecule has 0 aromatic carbocycles. The Morgan fingerprint density at radius 3 is 1.78 bits per heavy atom. The fourth-order valence-corrected chi connectivity index (χ4v) is 0.975. The maximum absolute atomic E-state index is 4.13. The molecule has 0 aromatic heterocycles. The van der Waals surface area contributed by atoms with Gasteiger partial charge in [-0.25, -0.2) is 0 Å². The zero-order chi connectivity index (χ0) is 7.44. The monoisotopic (exact) mass is 128 g/mol. The number of nitrogens with zero attached hydrogens (tertiary/aromatic N) is 2. The number of amidine groups is 1. The highest BCUT2D eigenvalue weighted by atomic mass is 15.1. The first-order valence-electron chi connectivity index (χ1n) is 3.23. The zero-order valence-corrected chi connectivity index (χ0v) is 6.97. The van der Waals surface area contributed by atoms with Crippen LogP contribution in [0.2, 0.25) is 0 Å². The standard InChI is InChI=1S/C7H16N2/c1-6(2)7(8-3)9(4)5/h6H,1-5H3/b8-7+. The van der Waals surface area contributed by atoms with Crippen LogP contribution in [-0.2, 0) is 0 Å². The van der Waals surface area contributed by atoms with Gasteiger partial charge in [0.05, 0.1) is 0 Å². The average Bonchev–Trinajstić information content (AvgIpc) is 1.64. The van der Waals surface area contributed by atoms with Crippen LogP contribution in [0.3, 0.4) is 0 Å². The molecule has 0 amide bonds. The number of hydrogen-bond donors (Lipinski definition) is 0. The molecule has 2 nitrogen and oxygen atoms in total. The van der Waals surface area contributed by atoms with Crippen molar-refractivity contribution >= 4 is 5.84 Å². The Morgan fingerprint density at radius 2 is 1.78 bits per heavy atom. The van der Waals surface area contributed by atoms with E-state index >= 15 is 0 Å². The van der Waals surface area contributed by atoms with E-state index in [1.54, 1.807) is 0 Å². The fourth-order valence-electron chi connectivity index (χ4n) is 0.975. The third kappa shape index (κ3) is 2.49. The van der Waals surface area contributed by atoms with Gasteiger partial charge in [0.15, 0.2) is 0 Å². The molecular formula is C7H16N2. The van der Waals surface area contributed by atoms with Gasteiger partial charge in [-0.2, -0.15) is 0 Å². The molecule has 9 heavy (non-hydrogen) atoms. The summed E-state index contributed by atoms with van der Waals surface area (Å²) in [4.78, 5) is 6.18. The lowest BCUT2D eigenvalue weighted by atomic mass is 10.2. The van der Waals surface area contributed by atoms with Crippen molar-refractivity contribution in [2.24, 2.45) is 10.9 Å². The van der Waals surface area contributed by atoms with Crippen molar-refractivity contribution in [2.45, 2.75) is 13.8 Å². The minimum atomic E-state index is 0.532. The van der Waals surface area contributed by atoms with Crippen LogP contribution in [0, 0.1) is 5.92 Å². The van der Waals surface area contributed by atoms with Crippen LogP contribution in [0.4, 0.5) is 0 Å². The van der Waals surface area contributed by atoms with Gasteiger partial charge in [-0.15, -0.1) is 0 Å². The van der Waals surface area contributed by atoms with Crippen LogP contribution < -0.4 is 0 Å². The van der Waals surface area contributed by atoms with Crippen LogP contribution in [0.5, 0.6) is 0 Å². The minimum Gasteiger partial charge on any atom is -0.366 e. The van der Waals surface area contributed by atoms with Gasteiger partial charge >= 0.3 is 0 Å². The molecule has 0 fully saturated rings. The highest BCUT2D eigenvalue weighted by Crippen LogP contribution is 1.97. The second-order valence-electron chi connectivity index (χ2n) is 2.63. The van der Waals surface area contributed by atoms with Gasteiger partial charge in [-0.3, -0.25) is 4.99 Å². The molecule has 0 unspecified atom stereocenters. The molecule has 0 radical (unpaired) electrons. The number of rotatable bonds is 1. The number of aliphatic imine (C=N–C) groups is 1. The Labute approximate surface area is 57.6 Å².